The molecule has 0 spiro atoms. The first kappa shape index (κ1) is 10.8. The van der Waals surface area contributed by atoms with E-state index in [0.29, 0.717) is 5.92 Å². The van der Waals surface area contributed by atoms with Gasteiger partial charge in [0, 0.05) is 5.56 Å². The van der Waals surface area contributed by atoms with Crippen LogP contribution in [0, 0.1) is 6.92 Å². The SMILES string of the molecule is Cc1ccc(-c2ccc(C(C)C)cc2)nn1. The first-order valence-electron chi connectivity index (χ1n) is 5.57. The Hall–Kier alpha value is -1.70. The number of hydrogen-bond donors (Lipinski definition) is 0. The molecule has 0 aliphatic carbocycles. The quantitative estimate of drug-likeness (QED) is 0.760. The van der Waals surface area contributed by atoms with E-state index in [1.54, 1.807) is 0 Å². The van der Waals surface area contributed by atoms with Gasteiger partial charge < -0.3 is 0 Å². The maximum absolute atomic E-state index is 4.17. The van der Waals surface area contributed by atoms with Crippen LogP contribution >= 0.6 is 0 Å². The smallest absolute Gasteiger partial charge is 0.0929 e. The van der Waals surface area contributed by atoms with Crippen molar-refractivity contribution in [3.8, 4) is 11.3 Å². The van der Waals surface area contributed by atoms with Crippen LogP contribution in [0.15, 0.2) is 36.4 Å². The monoisotopic (exact) mass is 212 g/mol. The number of hydrogen-bond acceptors (Lipinski definition) is 2. The number of nitrogens with zero attached hydrogens (tertiary/aromatic N) is 2. The molecule has 16 heavy (non-hydrogen) atoms. The van der Waals surface area contributed by atoms with Gasteiger partial charge in [0.05, 0.1) is 11.4 Å². The summed E-state index contributed by atoms with van der Waals surface area (Å²) in [5.41, 5.74) is 4.35. The predicted molar refractivity (Wildman–Crippen MR) is 66.3 cm³/mol. The summed E-state index contributed by atoms with van der Waals surface area (Å²) >= 11 is 0. The van der Waals surface area contributed by atoms with E-state index in [4.69, 9.17) is 0 Å². The Bertz CT molecular complexity index is 455. The normalized spacial score (nSPS) is 10.8. The Labute approximate surface area is 96.4 Å². The molecule has 82 valence electrons. The lowest BCUT2D eigenvalue weighted by atomic mass is 10.0. The maximum atomic E-state index is 4.17. The fraction of sp³-hybridized carbons (Fsp3) is 0.286. The molecule has 1 aromatic carbocycles. The van der Waals surface area contributed by atoms with Crippen molar-refractivity contribution in [2.75, 3.05) is 0 Å². The summed E-state index contributed by atoms with van der Waals surface area (Å²) < 4.78 is 0. The Morgan fingerprint density at radius 2 is 1.56 bits per heavy atom. The summed E-state index contributed by atoms with van der Waals surface area (Å²) in [6.45, 7) is 6.33. The van der Waals surface area contributed by atoms with Crippen molar-refractivity contribution >= 4 is 0 Å². The summed E-state index contributed by atoms with van der Waals surface area (Å²) in [4.78, 5) is 0. The molecule has 2 heteroatoms. The van der Waals surface area contributed by atoms with E-state index in [2.05, 4.69) is 48.3 Å². The van der Waals surface area contributed by atoms with Crippen LogP contribution in [-0.4, -0.2) is 10.2 Å². The lowest BCUT2D eigenvalue weighted by Gasteiger charge is -2.06. The van der Waals surface area contributed by atoms with Crippen LogP contribution in [0.2, 0.25) is 0 Å². The molecule has 1 aromatic heterocycles. The van der Waals surface area contributed by atoms with Crippen molar-refractivity contribution in [1.29, 1.82) is 0 Å². The fourth-order valence-electron chi connectivity index (χ4n) is 1.59. The third kappa shape index (κ3) is 2.27. The molecule has 0 N–H and O–H groups in total. The minimum absolute atomic E-state index is 0.568. The van der Waals surface area contributed by atoms with Gasteiger partial charge in [-0.15, -0.1) is 0 Å². The van der Waals surface area contributed by atoms with Crippen molar-refractivity contribution < 1.29 is 0 Å². The van der Waals surface area contributed by atoms with Crippen molar-refractivity contribution in [1.82, 2.24) is 10.2 Å². The van der Waals surface area contributed by atoms with E-state index < -0.39 is 0 Å². The van der Waals surface area contributed by atoms with Crippen LogP contribution < -0.4 is 0 Å². The molecule has 0 bridgehead atoms. The Balaban J connectivity index is 2.31. The summed E-state index contributed by atoms with van der Waals surface area (Å²) in [6, 6.07) is 12.5. The van der Waals surface area contributed by atoms with Gasteiger partial charge in [-0.1, -0.05) is 38.1 Å². The van der Waals surface area contributed by atoms with Gasteiger partial charge in [0.2, 0.25) is 0 Å². The maximum Gasteiger partial charge on any atom is 0.0929 e. The molecule has 0 aliphatic rings. The van der Waals surface area contributed by atoms with Crippen LogP contribution in [0.4, 0.5) is 0 Å². The standard InChI is InChI=1S/C14H16N2/c1-10(2)12-5-7-13(8-6-12)14-9-4-11(3)15-16-14/h4-10H,1-3H3. The van der Waals surface area contributed by atoms with Crippen LogP contribution in [0.3, 0.4) is 0 Å². The summed E-state index contributed by atoms with van der Waals surface area (Å²) in [5, 5.41) is 8.24. The zero-order chi connectivity index (χ0) is 11.5. The molecule has 2 aromatic rings. The van der Waals surface area contributed by atoms with Crippen LogP contribution in [0.5, 0.6) is 0 Å². The highest BCUT2D eigenvalue weighted by atomic mass is 15.1. The average Bonchev–Trinajstić information content (AvgIpc) is 2.30. The average molecular weight is 212 g/mol. The number of rotatable bonds is 2. The molecule has 0 unspecified atom stereocenters. The van der Waals surface area contributed by atoms with Gasteiger partial charge in [-0.3, -0.25) is 0 Å². The zero-order valence-corrected chi connectivity index (χ0v) is 9.94. The Morgan fingerprint density at radius 1 is 0.875 bits per heavy atom. The second-order valence-corrected chi connectivity index (χ2v) is 4.34. The van der Waals surface area contributed by atoms with E-state index >= 15 is 0 Å². The van der Waals surface area contributed by atoms with Gasteiger partial charge in [-0.05, 0) is 30.5 Å². The van der Waals surface area contributed by atoms with Gasteiger partial charge in [-0.25, -0.2) is 0 Å². The third-order valence-corrected chi connectivity index (χ3v) is 2.67. The Kier molecular flexibility index (Phi) is 3.00. The van der Waals surface area contributed by atoms with Crippen molar-refractivity contribution in [2.24, 2.45) is 0 Å². The van der Waals surface area contributed by atoms with E-state index in [1.165, 1.54) is 5.56 Å². The second kappa shape index (κ2) is 4.44. The molecule has 0 atom stereocenters. The van der Waals surface area contributed by atoms with Gasteiger partial charge >= 0.3 is 0 Å². The molecule has 0 fully saturated rings. The molecule has 0 saturated heterocycles. The van der Waals surface area contributed by atoms with Crippen molar-refractivity contribution in [2.45, 2.75) is 26.7 Å². The molecule has 1 heterocycles. The zero-order valence-electron chi connectivity index (χ0n) is 9.94. The largest absolute Gasteiger partial charge is 0.155 e. The summed E-state index contributed by atoms with van der Waals surface area (Å²) in [7, 11) is 0. The van der Waals surface area contributed by atoms with E-state index in [9.17, 15) is 0 Å². The Morgan fingerprint density at radius 3 is 2.06 bits per heavy atom. The first-order chi connectivity index (χ1) is 7.66. The molecule has 0 radical (unpaired) electrons. The van der Waals surface area contributed by atoms with Crippen molar-refractivity contribution in [3.63, 3.8) is 0 Å². The second-order valence-electron chi connectivity index (χ2n) is 4.34. The number of benzene rings is 1. The third-order valence-electron chi connectivity index (χ3n) is 2.67. The summed E-state index contributed by atoms with van der Waals surface area (Å²) in [6.07, 6.45) is 0. The van der Waals surface area contributed by atoms with Crippen LogP contribution in [0.1, 0.15) is 31.0 Å². The molecule has 2 rings (SSSR count). The first-order valence-corrected chi connectivity index (χ1v) is 5.57. The highest BCUT2D eigenvalue weighted by Crippen LogP contribution is 2.20. The minimum Gasteiger partial charge on any atom is -0.155 e. The van der Waals surface area contributed by atoms with Gasteiger partial charge in [0.15, 0.2) is 0 Å². The van der Waals surface area contributed by atoms with Gasteiger partial charge in [0.25, 0.3) is 0 Å². The van der Waals surface area contributed by atoms with E-state index in [-0.39, 0.29) is 0 Å². The molecule has 2 nitrogen and oxygen atoms in total. The van der Waals surface area contributed by atoms with E-state index in [1.807, 2.05) is 19.1 Å². The summed E-state index contributed by atoms with van der Waals surface area (Å²) in [5.74, 6) is 0.568. The van der Waals surface area contributed by atoms with Gasteiger partial charge in [0.1, 0.15) is 0 Å². The fourth-order valence-corrected chi connectivity index (χ4v) is 1.59. The minimum atomic E-state index is 0.568. The predicted octanol–water partition coefficient (Wildman–Crippen LogP) is 3.58. The molecule has 0 saturated carbocycles. The van der Waals surface area contributed by atoms with Crippen molar-refractivity contribution in [3.05, 3.63) is 47.7 Å². The lowest BCUT2D eigenvalue weighted by Crippen LogP contribution is -1.91. The highest BCUT2D eigenvalue weighted by molar-refractivity contribution is 5.58. The molecule has 0 aliphatic heterocycles. The number of aromatic nitrogens is 2. The molecular formula is C14H16N2. The van der Waals surface area contributed by atoms with E-state index in [0.717, 1.165) is 17.0 Å². The van der Waals surface area contributed by atoms with Crippen LogP contribution in [0.25, 0.3) is 11.3 Å². The highest BCUT2D eigenvalue weighted by Gasteiger charge is 2.02. The van der Waals surface area contributed by atoms with Crippen LogP contribution in [-0.2, 0) is 0 Å². The topological polar surface area (TPSA) is 25.8 Å². The molecule has 0 amide bonds. The lowest BCUT2D eigenvalue weighted by molar-refractivity contribution is 0.867. The number of aryl methyl sites for hydroxylation is 1. The molecular weight excluding hydrogens is 196 g/mol. The van der Waals surface area contributed by atoms with Gasteiger partial charge in [-0.2, -0.15) is 10.2 Å².